The van der Waals surface area contributed by atoms with Crippen molar-refractivity contribution < 1.29 is 9.21 Å². The highest BCUT2D eigenvalue weighted by atomic mass is 32.1. The smallest absolute Gasteiger partial charge is 0.347 e. The number of amides is 1. The summed E-state index contributed by atoms with van der Waals surface area (Å²) in [6.07, 6.45) is 4.66. The molecule has 0 atom stereocenters. The first-order valence-electron chi connectivity index (χ1n) is 8.44. The number of nitrogens with one attached hydrogen (secondary N) is 1. The van der Waals surface area contributed by atoms with E-state index in [1.807, 2.05) is 13.8 Å². The van der Waals surface area contributed by atoms with Gasteiger partial charge in [-0.2, -0.15) is 0 Å². The highest BCUT2D eigenvalue weighted by Crippen LogP contribution is 2.30. The van der Waals surface area contributed by atoms with Crippen LogP contribution in [0.25, 0.3) is 21.7 Å². The lowest BCUT2D eigenvalue weighted by Gasteiger charge is -2.08. The molecule has 0 saturated carbocycles. The SMILES string of the molecule is Cc1nc(C)c(-c2nc3c(NC(=O)Cc4cnccn4)cccc3c(=O)o2)s1. The molecule has 1 aromatic carbocycles. The van der Waals surface area contributed by atoms with Gasteiger partial charge >= 0.3 is 5.63 Å². The zero-order chi connectivity index (χ0) is 19.7. The Morgan fingerprint density at radius 2 is 2.07 bits per heavy atom. The Labute approximate surface area is 163 Å². The van der Waals surface area contributed by atoms with Gasteiger partial charge in [0.15, 0.2) is 0 Å². The summed E-state index contributed by atoms with van der Waals surface area (Å²) >= 11 is 1.40. The topological polar surface area (TPSA) is 111 Å². The molecule has 140 valence electrons. The van der Waals surface area contributed by atoms with Gasteiger partial charge in [-0.25, -0.2) is 14.8 Å². The van der Waals surface area contributed by atoms with Crippen LogP contribution < -0.4 is 10.9 Å². The number of thiazole rings is 1. The van der Waals surface area contributed by atoms with Crippen LogP contribution >= 0.6 is 11.3 Å². The molecule has 0 saturated heterocycles. The van der Waals surface area contributed by atoms with Crippen molar-refractivity contribution in [2.24, 2.45) is 0 Å². The molecule has 28 heavy (non-hydrogen) atoms. The first-order chi connectivity index (χ1) is 13.5. The number of para-hydroxylation sites is 1. The molecule has 3 aromatic heterocycles. The minimum Gasteiger partial charge on any atom is -0.402 e. The maximum absolute atomic E-state index is 12.5. The Hall–Kier alpha value is -3.46. The predicted octanol–water partition coefficient (Wildman–Crippen LogP) is 2.90. The monoisotopic (exact) mass is 393 g/mol. The lowest BCUT2D eigenvalue weighted by molar-refractivity contribution is -0.115. The second kappa shape index (κ2) is 7.28. The normalized spacial score (nSPS) is 10.9. The summed E-state index contributed by atoms with van der Waals surface area (Å²) in [5.74, 6) is -0.0920. The molecule has 0 aliphatic carbocycles. The third-order valence-corrected chi connectivity index (χ3v) is 5.05. The van der Waals surface area contributed by atoms with Crippen molar-refractivity contribution in [3.05, 3.63) is 63.6 Å². The van der Waals surface area contributed by atoms with Gasteiger partial charge in [0, 0.05) is 18.6 Å². The molecule has 1 N–H and O–H groups in total. The maximum Gasteiger partial charge on any atom is 0.347 e. The van der Waals surface area contributed by atoms with Crippen LogP contribution in [0.15, 0.2) is 46.0 Å². The van der Waals surface area contributed by atoms with E-state index in [1.165, 1.54) is 23.7 Å². The number of hydrogen-bond donors (Lipinski definition) is 1. The van der Waals surface area contributed by atoms with Crippen molar-refractivity contribution in [1.82, 2.24) is 19.9 Å². The van der Waals surface area contributed by atoms with E-state index in [0.717, 1.165) is 10.7 Å². The number of nitrogens with zero attached hydrogens (tertiary/aromatic N) is 4. The van der Waals surface area contributed by atoms with Gasteiger partial charge in [0.25, 0.3) is 0 Å². The van der Waals surface area contributed by atoms with Crippen LogP contribution in [0.5, 0.6) is 0 Å². The van der Waals surface area contributed by atoms with E-state index in [0.29, 0.717) is 27.2 Å². The molecular formula is C19H15N5O3S. The van der Waals surface area contributed by atoms with Gasteiger partial charge in [0.1, 0.15) is 10.4 Å². The van der Waals surface area contributed by atoms with Gasteiger partial charge in [-0.1, -0.05) is 6.07 Å². The third kappa shape index (κ3) is 3.52. The van der Waals surface area contributed by atoms with Crippen molar-refractivity contribution >= 4 is 33.8 Å². The highest BCUT2D eigenvalue weighted by Gasteiger charge is 2.17. The van der Waals surface area contributed by atoms with Gasteiger partial charge in [0.05, 0.1) is 33.9 Å². The molecule has 4 aromatic rings. The average Bonchev–Trinajstić information content (AvgIpc) is 3.01. The fourth-order valence-corrected chi connectivity index (χ4v) is 3.65. The number of fused-ring (bicyclic) bond motifs is 1. The maximum atomic E-state index is 12.5. The Morgan fingerprint density at radius 1 is 1.21 bits per heavy atom. The molecular weight excluding hydrogens is 378 g/mol. The molecule has 0 aliphatic heterocycles. The van der Waals surface area contributed by atoms with E-state index in [9.17, 15) is 9.59 Å². The molecule has 0 radical (unpaired) electrons. The van der Waals surface area contributed by atoms with E-state index < -0.39 is 5.63 Å². The fraction of sp³-hybridized carbons (Fsp3) is 0.158. The molecule has 4 rings (SSSR count). The van der Waals surface area contributed by atoms with E-state index >= 15 is 0 Å². The molecule has 9 heteroatoms. The molecule has 0 fully saturated rings. The van der Waals surface area contributed by atoms with Crippen molar-refractivity contribution in [3.8, 4) is 10.8 Å². The summed E-state index contributed by atoms with van der Waals surface area (Å²) in [4.78, 5) is 42.5. The zero-order valence-electron chi connectivity index (χ0n) is 15.1. The van der Waals surface area contributed by atoms with Crippen LogP contribution in [0.3, 0.4) is 0 Å². The average molecular weight is 393 g/mol. The highest BCUT2D eigenvalue weighted by molar-refractivity contribution is 7.15. The number of aryl methyl sites for hydroxylation is 2. The number of carbonyl (C=O) groups excluding carboxylic acids is 1. The van der Waals surface area contributed by atoms with Gasteiger partial charge in [-0.05, 0) is 26.0 Å². The Balaban J connectivity index is 1.73. The summed E-state index contributed by atoms with van der Waals surface area (Å²) < 4.78 is 5.40. The number of carbonyl (C=O) groups is 1. The van der Waals surface area contributed by atoms with Gasteiger partial charge in [0.2, 0.25) is 11.8 Å². The molecule has 3 heterocycles. The third-order valence-electron chi connectivity index (χ3n) is 3.99. The number of aromatic nitrogens is 4. The van der Waals surface area contributed by atoms with E-state index in [-0.39, 0.29) is 18.2 Å². The second-order valence-corrected chi connectivity index (χ2v) is 7.28. The number of hydrogen-bond acceptors (Lipinski definition) is 8. The van der Waals surface area contributed by atoms with Crippen LogP contribution in [0.1, 0.15) is 16.4 Å². The molecule has 0 aliphatic rings. The van der Waals surface area contributed by atoms with Crippen molar-refractivity contribution in [2.75, 3.05) is 5.32 Å². The van der Waals surface area contributed by atoms with Gasteiger partial charge < -0.3 is 9.73 Å². The van der Waals surface area contributed by atoms with E-state index in [1.54, 1.807) is 24.4 Å². The van der Waals surface area contributed by atoms with Crippen molar-refractivity contribution in [3.63, 3.8) is 0 Å². The van der Waals surface area contributed by atoms with Crippen LogP contribution in [-0.2, 0) is 11.2 Å². The number of benzene rings is 1. The largest absolute Gasteiger partial charge is 0.402 e. The molecule has 0 bridgehead atoms. The summed E-state index contributed by atoms with van der Waals surface area (Å²) in [5, 5.41) is 3.94. The standard InChI is InChI=1S/C19H15N5O3S/c1-10-17(28-11(2)22-10)18-24-16-13(19(26)27-18)4-3-5-14(16)23-15(25)8-12-9-20-6-7-21-12/h3-7,9H,8H2,1-2H3,(H,23,25). The van der Waals surface area contributed by atoms with Crippen LogP contribution in [-0.4, -0.2) is 25.8 Å². The van der Waals surface area contributed by atoms with Crippen molar-refractivity contribution in [1.29, 1.82) is 0 Å². The van der Waals surface area contributed by atoms with Gasteiger partial charge in [-0.3, -0.25) is 14.8 Å². The predicted molar refractivity (Wildman–Crippen MR) is 105 cm³/mol. The first-order valence-corrected chi connectivity index (χ1v) is 9.26. The summed E-state index contributed by atoms with van der Waals surface area (Å²) in [5.41, 5.74) is 1.56. The Morgan fingerprint density at radius 3 is 2.79 bits per heavy atom. The molecule has 0 spiro atoms. The number of anilines is 1. The van der Waals surface area contributed by atoms with Gasteiger partial charge in [-0.15, -0.1) is 11.3 Å². The lowest BCUT2D eigenvalue weighted by Crippen LogP contribution is -2.16. The minimum atomic E-state index is -0.518. The molecule has 8 nitrogen and oxygen atoms in total. The molecule has 0 unspecified atom stereocenters. The minimum absolute atomic E-state index is 0.0612. The quantitative estimate of drug-likeness (QED) is 0.567. The summed E-state index contributed by atoms with van der Waals surface area (Å²) in [6, 6.07) is 4.97. The molecule has 1 amide bonds. The Kier molecular flexibility index (Phi) is 4.66. The van der Waals surface area contributed by atoms with E-state index in [4.69, 9.17) is 4.42 Å². The second-order valence-electron chi connectivity index (χ2n) is 6.08. The zero-order valence-corrected chi connectivity index (χ0v) is 15.9. The lowest BCUT2D eigenvalue weighted by atomic mass is 10.2. The summed E-state index contributed by atoms with van der Waals surface area (Å²) in [6.45, 7) is 3.71. The fourth-order valence-electron chi connectivity index (χ4n) is 2.80. The van der Waals surface area contributed by atoms with Crippen molar-refractivity contribution in [2.45, 2.75) is 20.3 Å². The van der Waals surface area contributed by atoms with E-state index in [2.05, 4.69) is 25.3 Å². The Bertz CT molecular complexity index is 1230. The van der Waals surface area contributed by atoms with Crippen LogP contribution in [0, 0.1) is 13.8 Å². The van der Waals surface area contributed by atoms with Crippen LogP contribution in [0.4, 0.5) is 5.69 Å². The first kappa shape index (κ1) is 17.9. The van der Waals surface area contributed by atoms with Crippen LogP contribution in [0.2, 0.25) is 0 Å². The number of rotatable bonds is 4. The summed E-state index contributed by atoms with van der Waals surface area (Å²) in [7, 11) is 0.